The van der Waals surface area contributed by atoms with E-state index in [1.54, 1.807) is 11.8 Å². The number of benzene rings is 1. The summed E-state index contributed by atoms with van der Waals surface area (Å²) in [5, 5.41) is 2.92. The Bertz CT molecular complexity index is 398. The molecule has 0 aromatic heterocycles. The van der Waals surface area contributed by atoms with Crippen LogP contribution in [0.5, 0.6) is 0 Å². The van der Waals surface area contributed by atoms with Crippen molar-refractivity contribution in [2.75, 3.05) is 0 Å². The standard InChI is InChI=1S/C15H23NO2S/c1-11(2)13(16-14(17)18-15(3,4)5)19-12-9-7-6-8-10-12/h6-11,13H,1-5H3,(H,16,17). The molecule has 19 heavy (non-hydrogen) atoms. The fourth-order valence-electron chi connectivity index (χ4n) is 1.40. The SMILES string of the molecule is CC(C)C(NC(=O)OC(C)(C)C)Sc1ccccc1. The zero-order valence-corrected chi connectivity index (χ0v) is 13.1. The number of rotatable bonds is 4. The highest BCUT2D eigenvalue weighted by atomic mass is 32.2. The first kappa shape index (κ1) is 15.9. The maximum atomic E-state index is 11.8. The Balaban J connectivity index is 2.61. The summed E-state index contributed by atoms with van der Waals surface area (Å²) in [6, 6.07) is 10.0. The Labute approximate surface area is 120 Å². The molecule has 1 rings (SSSR count). The summed E-state index contributed by atoms with van der Waals surface area (Å²) in [7, 11) is 0. The van der Waals surface area contributed by atoms with Crippen LogP contribution < -0.4 is 5.32 Å². The molecule has 1 amide bonds. The molecule has 0 saturated heterocycles. The Hall–Kier alpha value is -1.16. The molecule has 0 aliphatic carbocycles. The van der Waals surface area contributed by atoms with Gasteiger partial charge in [-0.1, -0.05) is 32.0 Å². The summed E-state index contributed by atoms with van der Waals surface area (Å²) in [5.41, 5.74) is -0.469. The van der Waals surface area contributed by atoms with Crippen LogP contribution in [-0.4, -0.2) is 17.1 Å². The van der Waals surface area contributed by atoms with Crippen molar-refractivity contribution in [3.05, 3.63) is 30.3 Å². The topological polar surface area (TPSA) is 38.3 Å². The second-order valence-electron chi connectivity index (χ2n) is 5.74. The quantitative estimate of drug-likeness (QED) is 0.661. The number of carbonyl (C=O) groups is 1. The lowest BCUT2D eigenvalue weighted by Crippen LogP contribution is -2.39. The Morgan fingerprint density at radius 1 is 1.21 bits per heavy atom. The van der Waals surface area contributed by atoms with E-state index in [0.717, 1.165) is 4.90 Å². The van der Waals surface area contributed by atoms with Gasteiger partial charge in [-0.15, -0.1) is 11.8 Å². The molecule has 1 atom stereocenters. The van der Waals surface area contributed by atoms with Gasteiger partial charge in [-0.05, 0) is 38.8 Å². The van der Waals surface area contributed by atoms with Crippen molar-refractivity contribution in [1.82, 2.24) is 5.32 Å². The van der Waals surface area contributed by atoms with Gasteiger partial charge in [0.05, 0.1) is 5.37 Å². The maximum Gasteiger partial charge on any atom is 0.408 e. The lowest BCUT2D eigenvalue weighted by atomic mass is 10.2. The molecule has 3 nitrogen and oxygen atoms in total. The summed E-state index contributed by atoms with van der Waals surface area (Å²) in [6.07, 6.45) is -0.366. The average molecular weight is 281 g/mol. The van der Waals surface area contributed by atoms with Crippen molar-refractivity contribution in [1.29, 1.82) is 0 Å². The van der Waals surface area contributed by atoms with Gasteiger partial charge in [0.15, 0.2) is 0 Å². The third-order valence-corrected chi connectivity index (χ3v) is 3.73. The van der Waals surface area contributed by atoms with E-state index in [2.05, 4.69) is 19.2 Å². The highest BCUT2D eigenvalue weighted by Crippen LogP contribution is 2.26. The van der Waals surface area contributed by atoms with Gasteiger partial charge >= 0.3 is 6.09 Å². The van der Waals surface area contributed by atoms with Gasteiger partial charge in [-0.2, -0.15) is 0 Å². The molecule has 1 aromatic rings. The lowest BCUT2D eigenvalue weighted by Gasteiger charge is -2.25. The number of ether oxygens (including phenoxy) is 1. The minimum absolute atomic E-state index is 0.00255. The van der Waals surface area contributed by atoms with Gasteiger partial charge in [0, 0.05) is 4.90 Å². The normalized spacial score (nSPS) is 13.2. The molecule has 0 spiro atoms. The fourth-order valence-corrected chi connectivity index (χ4v) is 2.44. The van der Waals surface area contributed by atoms with E-state index in [4.69, 9.17) is 4.74 Å². The van der Waals surface area contributed by atoms with E-state index in [9.17, 15) is 4.79 Å². The summed E-state index contributed by atoms with van der Waals surface area (Å²) in [6.45, 7) is 9.75. The van der Waals surface area contributed by atoms with Crippen LogP contribution in [0.1, 0.15) is 34.6 Å². The van der Waals surface area contributed by atoms with Gasteiger partial charge in [-0.3, -0.25) is 0 Å². The van der Waals surface area contributed by atoms with E-state index in [-0.39, 0.29) is 11.5 Å². The lowest BCUT2D eigenvalue weighted by molar-refractivity contribution is 0.0514. The molecule has 0 aliphatic heterocycles. The van der Waals surface area contributed by atoms with Crippen molar-refractivity contribution in [3.63, 3.8) is 0 Å². The molecule has 0 bridgehead atoms. The minimum Gasteiger partial charge on any atom is -0.444 e. The predicted molar refractivity (Wildman–Crippen MR) is 80.3 cm³/mol. The fraction of sp³-hybridized carbons (Fsp3) is 0.533. The van der Waals surface area contributed by atoms with E-state index in [1.807, 2.05) is 51.1 Å². The summed E-state index contributed by atoms with van der Waals surface area (Å²) in [4.78, 5) is 13.0. The van der Waals surface area contributed by atoms with Crippen molar-refractivity contribution >= 4 is 17.9 Å². The molecule has 4 heteroatoms. The van der Waals surface area contributed by atoms with Gasteiger partial charge < -0.3 is 10.1 Å². The molecule has 1 N–H and O–H groups in total. The van der Waals surface area contributed by atoms with Gasteiger partial charge in [0.1, 0.15) is 5.60 Å². The highest BCUT2D eigenvalue weighted by molar-refractivity contribution is 8.00. The molecule has 0 saturated carbocycles. The molecule has 1 aromatic carbocycles. The predicted octanol–water partition coefficient (Wildman–Crippen LogP) is 4.29. The number of carbonyl (C=O) groups excluding carboxylic acids is 1. The number of thioether (sulfide) groups is 1. The van der Waals surface area contributed by atoms with Crippen LogP contribution >= 0.6 is 11.8 Å². The van der Waals surface area contributed by atoms with Gasteiger partial charge in [-0.25, -0.2) is 4.79 Å². The molecule has 0 heterocycles. The number of amides is 1. The molecule has 0 fully saturated rings. The Morgan fingerprint density at radius 3 is 2.26 bits per heavy atom. The van der Waals surface area contributed by atoms with E-state index in [0.29, 0.717) is 5.92 Å². The Morgan fingerprint density at radius 2 is 1.79 bits per heavy atom. The third kappa shape index (κ3) is 6.53. The molecular formula is C15H23NO2S. The van der Waals surface area contributed by atoms with Crippen molar-refractivity contribution < 1.29 is 9.53 Å². The van der Waals surface area contributed by atoms with Crippen LogP contribution in [0.3, 0.4) is 0 Å². The molecular weight excluding hydrogens is 258 g/mol. The summed E-state index contributed by atoms with van der Waals surface area (Å²) >= 11 is 1.64. The number of alkyl carbamates (subject to hydrolysis) is 1. The highest BCUT2D eigenvalue weighted by Gasteiger charge is 2.22. The second-order valence-corrected chi connectivity index (χ2v) is 6.96. The first-order valence-corrected chi connectivity index (χ1v) is 7.37. The third-order valence-electron chi connectivity index (χ3n) is 2.27. The van der Waals surface area contributed by atoms with E-state index in [1.165, 1.54) is 0 Å². The maximum absolute atomic E-state index is 11.8. The smallest absolute Gasteiger partial charge is 0.408 e. The van der Waals surface area contributed by atoms with Crippen LogP contribution in [-0.2, 0) is 4.74 Å². The van der Waals surface area contributed by atoms with Crippen LogP contribution in [0.2, 0.25) is 0 Å². The van der Waals surface area contributed by atoms with Crippen molar-refractivity contribution in [2.24, 2.45) is 5.92 Å². The van der Waals surface area contributed by atoms with Crippen molar-refractivity contribution in [3.8, 4) is 0 Å². The zero-order valence-electron chi connectivity index (χ0n) is 12.3. The van der Waals surface area contributed by atoms with Crippen LogP contribution in [0.15, 0.2) is 35.2 Å². The van der Waals surface area contributed by atoms with Gasteiger partial charge in [0.25, 0.3) is 0 Å². The molecule has 106 valence electrons. The number of nitrogens with one attached hydrogen (secondary N) is 1. The average Bonchev–Trinajstić information content (AvgIpc) is 2.26. The monoisotopic (exact) mass is 281 g/mol. The van der Waals surface area contributed by atoms with Crippen LogP contribution in [0.4, 0.5) is 4.79 Å². The van der Waals surface area contributed by atoms with Crippen LogP contribution in [0.25, 0.3) is 0 Å². The van der Waals surface area contributed by atoms with Crippen LogP contribution in [0, 0.1) is 5.92 Å². The summed E-state index contributed by atoms with van der Waals surface area (Å²) in [5.74, 6) is 0.317. The Kier molecular flexibility index (Phi) is 5.73. The molecule has 0 aliphatic rings. The summed E-state index contributed by atoms with van der Waals surface area (Å²) < 4.78 is 5.29. The largest absolute Gasteiger partial charge is 0.444 e. The molecule has 0 radical (unpaired) electrons. The number of hydrogen-bond acceptors (Lipinski definition) is 3. The zero-order chi connectivity index (χ0) is 14.5. The van der Waals surface area contributed by atoms with Gasteiger partial charge in [0.2, 0.25) is 0 Å². The van der Waals surface area contributed by atoms with Crippen molar-refractivity contribution in [2.45, 2.75) is 50.5 Å². The molecule has 1 unspecified atom stereocenters. The van der Waals surface area contributed by atoms with E-state index < -0.39 is 5.60 Å². The first-order chi connectivity index (χ1) is 8.78. The second kappa shape index (κ2) is 6.85. The first-order valence-electron chi connectivity index (χ1n) is 6.49. The minimum atomic E-state index is -0.469. The number of hydrogen-bond donors (Lipinski definition) is 1. The van der Waals surface area contributed by atoms with E-state index >= 15 is 0 Å².